The minimum Gasteiger partial charge on any atom is -0.493 e. The maximum atomic E-state index is 6.33. The normalized spacial score (nSPS) is 15.0. The molecule has 2 N–H and O–H groups in total. The van der Waals surface area contributed by atoms with Crippen LogP contribution in [0, 0.1) is 6.92 Å². The first kappa shape index (κ1) is 13.5. The quantitative estimate of drug-likeness (QED) is 0.945. The Labute approximate surface area is 123 Å². The van der Waals surface area contributed by atoms with Crippen LogP contribution in [-0.2, 0) is 19.9 Å². The molecular formula is C15H18ClN3O. The summed E-state index contributed by atoms with van der Waals surface area (Å²) in [5.41, 5.74) is 10.6. The molecule has 2 aromatic rings. The number of aromatic nitrogens is 2. The molecule has 1 aliphatic rings. The van der Waals surface area contributed by atoms with E-state index in [0.717, 1.165) is 40.8 Å². The molecule has 20 heavy (non-hydrogen) atoms. The van der Waals surface area contributed by atoms with Crippen molar-refractivity contribution in [3.05, 3.63) is 45.7 Å². The summed E-state index contributed by atoms with van der Waals surface area (Å²) in [5.74, 6) is 0.962. The second-order valence-electron chi connectivity index (χ2n) is 5.30. The Hall–Kier alpha value is -1.52. The summed E-state index contributed by atoms with van der Waals surface area (Å²) in [4.78, 5) is 0. The van der Waals surface area contributed by atoms with Crippen molar-refractivity contribution in [2.45, 2.75) is 25.8 Å². The summed E-state index contributed by atoms with van der Waals surface area (Å²) < 4.78 is 7.56. The fourth-order valence-corrected chi connectivity index (χ4v) is 3.08. The van der Waals surface area contributed by atoms with Crippen LogP contribution in [0.15, 0.2) is 18.2 Å². The molecule has 106 valence electrons. The van der Waals surface area contributed by atoms with Crippen LogP contribution < -0.4 is 10.5 Å². The second kappa shape index (κ2) is 5.11. The topological polar surface area (TPSA) is 53.1 Å². The van der Waals surface area contributed by atoms with Crippen molar-refractivity contribution in [1.29, 1.82) is 0 Å². The third-order valence-corrected chi connectivity index (χ3v) is 3.90. The number of nitrogens with zero attached hydrogens (tertiary/aromatic N) is 2. The maximum Gasteiger partial charge on any atom is 0.125 e. The summed E-state index contributed by atoms with van der Waals surface area (Å²) in [6.07, 6.45) is 1.62. The van der Waals surface area contributed by atoms with E-state index >= 15 is 0 Å². The summed E-state index contributed by atoms with van der Waals surface area (Å²) in [7, 11) is 1.92. The van der Waals surface area contributed by atoms with Gasteiger partial charge in [-0.05, 0) is 42.7 Å². The fraction of sp³-hybridized carbons (Fsp3) is 0.400. The van der Waals surface area contributed by atoms with Crippen molar-refractivity contribution in [2.75, 3.05) is 6.61 Å². The van der Waals surface area contributed by atoms with E-state index in [1.54, 1.807) is 0 Å². The molecule has 1 atom stereocenters. The van der Waals surface area contributed by atoms with Gasteiger partial charge in [0.1, 0.15) is 5.75 Å². The van der Waals surface area contributed by atoms with Gasteiger partial charge in [0, 0.05) is 18.5 Å². The van der Waals surface area contributed by atoms with Gasteiger partial charge in [-0.1, -0.05) is 11.6 Å². The highest BCUT2D eigenvalue weighted by atomic mass is 35.5. The molecule has 3 rings (SSSR count). The first-order valence-corrected chi connectivity index (χ1v) is 7.12. The summed E-state index contributed by atoms with van der Waals surface area (Å²) in [6.45, 7) is 2.69. The van der Waals surface area contributed by atoms with E-state index in [0.29, 0.717) is 6.42 Å². The monoisotopic (exact) mass is 291 g/mol. The van der Waals surface area contributed by atoms with Crippen molar-refractivity contribution in [3.63, 3.8) is 0 Å². The van der Waals surface area contributed by atoms with Crippen molar-refractivity contribution in [1.82, 2.24) is 9.78 Å². The van der Waals surface area contributed by atoms with Gasteiger partial charge < -0.3 is 10.5 Å². The predicted octanol–water partition coefficient (Wildman–Crippen LogP) is 2.56. The highest BCUT2D eigenvalue weighted by molar-refractivity contribution is 6.30. The van der Waals surface area contributed by atoms with Crippen LogP contribution in [0.5, 0.6) is 5.75 Å². The SMILES string of the molecule is Cc1cc(C(N)Cc2cc(Cl)cc3c2OCC3)n(C)n1. The van der Waals surface area contributed by atoms with Crippen LogP contribution >= 0.6 is 11.6 Å². The first-order chi connectivity index (χ1) is 9.54. The number of benzene rings is 1. The minimum atomic E-state index is -0.118. The summed E-state index contributed by atoms with van der Waals surface area (Å²) >= 11 is 6.18. The summed E-state index contributed by atoms with van der Waals surface area (Å²) in [6, 6.07) is 5.84. The first-order valence-electron chi connectivity index (χ1n) is 6.75. The highest BCUT2D eigenvalue weighted by Crippen LogP contribution is 2.34. The van der Waals surface area contributed by atoms with Crippen LogP contribution in [0.3, 0.4) is 0 Å². The number of aryl methyl sites for hydroxylation is 2. The van der Waals surface area contributed by atoms with Gasteiger partial charge in [-0.25, -0.2) is 0 Å². The molecule has 0 amide bonds. The van der Waals surface area contributed by atoms with Crippen LogP contribution in [-0.4, -0.2) is 16.4 Å². The van der Waals surface area contributed by atoms with E-state index in [1.807, 2.05) is 36.9 Å². The molecule has 2 heterocycles. The Morgan fingerprint density at radius 1 is 1.45 bits per heavy atom. The zero-order chi connectivity index (χ0) is 14.3. The molecule has 1 aromatic heterocycles. The van der Waals surface area contributed by atoms with Crippen molar-refractivity contribution >= 4 is 11.6 Å². The van der Waals surface area contributed by atoms with E-state index in [4.69, 9.17) is 22.1 Å². The van der Waals surface area contributed by atoms with Gasteiger partial charge in [0.05, 0.1) is 24.0 Å². The molecular weight excluding hydrogens is 274 g/mol. The number of ether oxygens (including phenoxy) is 1. The predicted molar refractivity (Wildman–Crippen MR) is 79.2 cm³/mol. The molecule has 1 aliphatic heterocycles. The third kappa shape index (κ3) is 2.41. The van der Waals surface area contributed by atoms with Gasteiger partial charge in [-0.15, -0.1) is 0 Å². The van der Waals surface area contributed by atoms with Crippen molar-refractivity contribution in [2.24, 2.45) is 12.8 Å². The van der Waals surface area contributed by atoms with E-state index in [-0.39, 0.29) is 6.04 Å². The molecule has 1 unspecified atom stereocenters. The van der Waals surface area contributed by atoms with E-state index in [9.17, 15) is 0 Å². The smallest absolute Gasteiger partial charge is 0.125 e. The maximum absolute atomic E-state index is 6.33. The lowest BCUT2D eigenvalue weighted by atomic mass is 10.00. The van der Waals surface area contributed by atoms with Crippen LogP contribution in [0.4, 0.5) is 0 Å². The number of nitrogens with two attached hydrogens (primary N) is 1. The molecule has 0 fully saturated rings. The van der Waals surface area contributed by atoms with Crippen LogP contribution in [0.1, 0.15) is 28.6 Å². The molecule has 4 nitrogen and oxygen atoms in total. The second-order valence-corrected chi connectivity index (χ2v) is 5.73. The molecule has 0 aliphatic carbocycles. The van der Waals surface area contributed by atoms with E-state index in [1.165, 1.54) is 5.56 Å². The van der Waals surface area contributed by atoms with Crippen LogP contribution in [0.2, 0.25) is 5.02 Å². The Balaban J connectivity index is 1.90. The van der Waals surface area contributed by atoms with Crippen molar-refractivity contribution in [3.8, 4) is 5.75 Å². The van der Waals surface area contributed by atoms with E-state index < -0.39 is 0 Å². The lowest BCUT2D eigenvalue weighted by Crippen LogP contribution is -2.17. The molecule has 5 heteroatoms. The lowest BCUT2D eigenvalue weighted by molar-refractivity contribution is 0.352. The average Bonchev–Trinajstić information content (AvgIpc) is 2.95. The van der Waals surface area contributed by atoms with E-state index in [2.05, 4.69) is 5.10 Å². The standard InChI is InChI=1S/C15H18ClN3O/c1-9-5-14(19(2)18-9)13(17)8-11-7-12(16)6-10-3-4-20-15(10)11/h5-7,13H,3-4,8,17H2,1-2H3. The Kier molecular flexibility index (Phi) is 3.44. The molecule has 0 spiro atoms. The number of hydrogen-bond donors (Lipinski definition) is 1. The molecule has 0 radical (unpaired) electrons. The Bertz CT molecular complexity index is 651. The molecule has 0 saturated heterocycles. The largest absolute Gasteiger partial charge is 0.493 e. The Morgan fingerprint density at radius 3 is 2.95 bits per heavy atom. The average molecular weight is 292 g/mol. The lowest BCUT2D eigenvalue weighted by Gasteiger charge is -2.15. The zero-order valence-corrected chi connectivity index (χ0v) is 12.4. The number of fused-ring (bicyclic) bond motifs is 1. The third-order valence-electron chi connectivity index (χ3n) is 3.68. The summed E-state index contributed by atoms with van der Waals surface area (Å²) in [5, 5.41) is 5.09. The fourth-order valence-electron chi connectivity index (χ4n) is 2.82. The molecule has 0 saturated carbocycles. The number of hydrogen-bond acceptors (Lipinski definition) is 3. The zero-order valence-electron chi connectivity index (χ0n) is 11.7. The number of halogens is 1. The number of rotatable bonds is 3. The highest BCUT2D eigenvalue weighted by Gasteiger charge is 2.21. The van der Waals surface area contributed by atoms with Crippen molar-refractivity contribution < 1.29 is 4.74 Å². The van der Waals surface area contributed by atoms with Gasteiger partial charge in [0.2, 0.25) is 0 Å². The van der Waals surface area contributed by atoms with Crippen LogP contribution in [0.25, 0.3) is 0 Å². The van der Waals surface area contributed by atoms with Gasteiger partial charge in [-0.3, -0.25) is 4.68 Å². The van der Waals surface area contributed by atoms with Gasteiger partial charge in [-0.2, -0.15) is 5.10 Å². The van der Waals surface area contributed by atoms with Gasteiger partial charge in [0.15, 0.2) is 0 Å². The molecule has 1 aromatic carbocycles. The van der Waals surface area contributed by atoms with Gasteiger partial charge >= 0.3 is 0 Å². The molecule has 0 bridgehead atoms. The van der Waals surface area contributed by atoms with Gasteiger partial charge in [0.25, 0.3) is 0 Å². The minimum absolute atomic E-state index is 0.118. The Morgan fingerprint density at radius 2 is 2.25 bits per heavy atom.